The zero-order valence-electron chi connectivity index (χ0n) is 13.9. The van der Waals surface area contributed by atoms with Crippen LogP contribution in [0.3, 0.4) is 0 Å². The number of aliphatic imine (C=N–C) groups is 1. The maximum absolute atomic E-state index is 12.5. The van der Waals surface area contributed by atoms with E-state index < -0.39 is 15.8 Å². The summed E-state index contributed by atoms with van der Waals surface area (Å²) in [5.41, 5.74) is 1.48. The topological polar surface area (TPSA) is 152 Å². The van der Waals surface area contributed by atoms with Crippen LogP contribution in [0.15, 0.2) is 53.5 Å². The number of rotatable bonds is 4. The third kappa shape index (κ3) is 2.60. The van der Waals surface area contributed by atoms with E-state index in [0.29, 0.717) is 11.1 Å². The Labute approximate surface area is 156 Å². The van der Waals surface area contributed by atoms with Gasteiger partial charge in [-0.2, -0.15) is 0 Å². The van der Waals surface area contributed by atoms with E-state index in [9.17, 15) is 30.1 Å². The lowest BCUT2D eigenvalue weighted by atomic mass is 10.00. The van der Waals surface area contributed by atoms with Gasteiger partial charge in [0, 0.05) is 29.8 Å². The number of hydrogen-bond donors (Lipinski definition) is 2. The first kappa shape index (κ1) is 17.1. The van der Waals surface area contributed by atoms with E-state index in [1.807, 2.05) is 0 Å². The fourth-order valence-electron chi connectivity index (χ4n) is 3.06. The number of aromatic nitrogens is 1. The molecule has 3 aromatic rings. The van der Waals surface area contributed by atoms with Gasteiger partial charge in [0.15, 0.2) is 5.88 Å². The van der Waals surface area contributed by atoms with Crippen LogP contribution in [-0.2, 0) is 0 Å². The first-order valence-electron chi connectivity index (χ1n) is 7.95. The predicted molar refractivity (Wildman–Crippen MR) is 97.6 cm³/mol. The van der Waals surface area contributed by atoms with Crippen molar-refractivity contribution in [1.82, 2.24) is 4.98 Å². The third-order valence-corrected chi connectivity index (χ3v) is 4.36. The SMILES string of the molecule is O=C1N=C(c2ccc([N+](=O)[O-])cc2)c2c(O)[nH]c(-c3ccc([N+](=O)[O-])cc3)c21. The van der Waals surface area contributed by atoms with Gasteiger partial charge in [-0.1, -0.05) is 0 Å². The average Bonchev–Trinajstić information content (AvgIpc) is 3.20. The van der Waals surface area contributed by atoms with E-state index in [1.165, 1.54) is 48.5 Å². The number of nitro benzene ring substituents is 2. The van der Waals surface area contributed by atoms with Crippen LogP contribution in [0.2, 0.25) is 0 Å². The van der Waals surface area contributed by atoms with Crippen molar-refractivity contribution in [1.29, 1.82) is 0 Å². The highest BCUT2D eigenvalue weighted by Crippen LogP contribution is 2.38. The van der Waals surface area contributed by atoms with Gasteiger partial charge in [0.25, 0.3) is 17.3 Å². The summed E-state index contributed by atoms with van der Waals surface area (Å²) in [7, 11) is 0. The minimum atomic E-state index is -0.590. The summed E-state index contributed by atoms with van der Waals surface area (Å²) >= 11 is 0. The number of aromatic hydroxyl groups is 1. The number of amides is 1. The molecular formula is C18H10N4O6. The number of aromatic amines is 1. The average molecular weight is 378 g/mol. The Morgan fingerprint density at radius 2 is 1.32 bits per heavy atom. The van der Waals surface area contributed by atoms with E-state index >= 15 is 0 Å². The molecule has 0 unspecified atom stereocenters. The maximum atomic E-state index is 12.5. The molecule has 10 nitrogen and oxygen atoms in total. The van der Waals surface area contributed by atoms with Gasteiger partial charge in [-0.05, 0) is 29.8 Å². The highest BCUT2D eigenvalue weighted by molar-refractivity contribution is 6.30. The van der Waals surface area contributed by atoms with E-state index in [0.717, 1.165) is 0 Å². The summed E-state index contributed by atoms with van der Waals surface area (Å²) in [4.78, 5) is 39.7. The molecule has 28 heavy (non-hydrogen) atoms. The van der Waals surface area contributed by atoms with E-state index in [2.05, 4.69) is 9.98 Å². The molecule has 0 saturated heterocycles. The number of hydrogen-bond acceptors (Lipinski definition) is 6. The normalized spacial score (nSPS) is 12.6. The van der Waals surface area contributed by atoms with Gasteiger partial charge in [0.05, 0.1) is 32.4 Å². The first-order valence-corrected chi connectivity index (χ1v) is 7.95. The van der Waals surface area contributed by atoms with Crippen LogP contribution >= 0.6 is 0 Å². The van der Waals surface area contributed by atoms with Crippen molar-refractivity contribution in [3.05, 3.63) is 85.4 Å². The Kier molecular flexibility index (Phi) is 3.74. The van der Waals surface area contributed by atoms with Gasteiger partial charge in [0.1, 0.15) is 0 Å². The summed E-state index contributed by atoms with van der Waals surface area (Å²) in [6.07, 6.45) is 0. The molecule has 2 N–H and O–H groups in total. The number of carbonyl (C=O) groups excluding carboxylic acids is 1. The number of nitrogens with zero attached hydrogens (tertiary/aromatic N) is 3. The Morgan fingerprint density at radius 1 is 0.821 bits per heavy atom. The van der Waals surface area contributed by atoms with Crippen LogP contribution in [0.5, 0.6) is 5.88 Å². The Bertz CT molecular complexity index is 1180. The van der Waals surface area contributed by atoms with Gasteiger partial charge in [0.2, 0.25) is 0 Å². The monoisotopic (exact) mass is 378 g/mol. The Hall–Kier alpha value is -4.34. The summed E-state index contributed by atoms with van der Waals surface area (Å²) in [5, 5.41) is 31.9. The molecule has 4 rings (SSSR count). The molecule has 0 saturated carbocycles. The highest BCUT2D eigenvalue weighted by Gasteiger charge is 2.33. The molecule has 1 aliphatic rings. The van der Waals surface area contributed by atoms with Crippen molar-refractivity contribution in [2.45, 2.75) is 0 Å². The minimum Gasteiger partial charge on any atom is -0.494 e. The van der Waals surface area contributed by atoms with Gasteiger partial charge < -0.3 is 10.1 Å². The van der Waals surface area contributed by atoms with Crippen LogP contribution in [0.4, 0.5) is 11.4 Å². The molecular weight excluding hydrogens is 368 g/mol. The third-order valence-electron chi connectivity index (χ3n) is 4.36. The van der Waals surface area contributed by atoms with Gasteiger partial charge in [-0.25, -0.2) is 4.99 Å². The second kappa shape index (κ2) is 6.13. The molecule has 138 valence electrons. The smallest absolute Gasteiger partial charge is 0.280 e. The Balaban J connectivity index is 1.78. The van der Waals surface area contributed by atoms with Gasteiger partial charge in [-0.15, -0.1) is 0 Å². The van der Waals surface area contributed by atoms with E-state index in [1.54, 1.807) is 0 Å². The second-order valence-electron chi connectivity index (χ2n) is 5.97. The summed E-state index contributed by atoms with van der Waals surface area (Å²) in [6.45, 7) is 0. The molecule has 1 aromatic heterocycles. The number of carbonyl (C=O) groups is 1. The molecule has 0 aliphatic carbocycles. The minimum absolute atomic E-state index is 0.106. The zero-order valence-corrected chi connectivity index (χ0v) is 13.9. The lowest BCUT2D eigenvalue weighted by Gasteiger charge is -2.01. The molecule has 0 spiro atoms. The maximum Gasteiger partial charge on any atom is 0.280 e. The molecule has 0 radical (unpaired) electrons. The van der Waals surface area contributed by atoms with E-state index in [-0.39, 0.29) is 39.8 Å². The standard InChI is InChI=1S/C18H10N4O6/c23-17-13-14(16(20-17)10-3-7-12(8-4-10)22(27)28)18(24)19-15(13)9-1-5-11(6-2-9)21(25)26/h1-8,19,24H. The number of benzene rings is 2. The molecule has 10 heteroatoms. The summed E-state index contributed by atoms with van der Waals surface area (Å²) < 4.78 is 0. The van der Waals surface area contributed by atoms with Crippen LogP contribution in [-0.4, -0.2) is 31.6 Å². The molecule has 2 heterocycles. The highest BCUT2D eigenvalue weighted by atomic mass is 16.6. The number of H-pyrrole nitrogens is 1. The largest absolute Gasteiger partial charge is 0.494 e. The van der Waals surface area contributed by atoms with Crippen molar-refractivity contribution in [3.63, 3.8) is 0 Å². The lowest BCUT2D eigenvalue weighted by molar-refractivity contribution is -0.385. The van der Waals surface area contributed by atoms with Crippen molar-refractivity contribution in [2.24, 2.45) is 4.99 Å². The first-order chi connectivity index (χ1) is 13.4. The molecule has 2 aromatic carbocycles. The predicted octanol–water partition coefficient (Wildman–Crippen LogP) is 3.19. The molecule has 0 fully saturated rings. The molecule has 0 atom stereocenters. The molecule has 0 bridgehead atoms. The van der Waals surface area contributed by atoms with E-state index in [4.69, 9.17) is 0 Å². The molecule has 1 amide bonds. The van der Waals surface area contributed by atoms with Crippen LogP contribution in [0.25, 0.3) is 11.3 Å². The Morgan fingerprint density at radius 3 is 1.82 bits per heavy atom. The van der Waals surface area contributed by atoms with Crippen molar-refractivity contribution in [2.75, 3.05) is 0 Å². The van der Waals surface area contributed by atoms with Crippen molar-refractivity contribution in [3.8, 4) is 17.1 Å². The van der Waals surface area contributed by atoms with Gasteiger partial charge >= 0.3 is 0 Å². The van der Waals surface area contributed by atoms with Crippen LogP contribution in [0, 0.1) is 20.2 Å². The van der Waals surface area contributed by atoms with Crippen molar-refractivity contribution < 1.29 is 19.7 Å². The van der Waals surface area contributed by atoms with Crippen LogP contribution in [0.1, 0.15) is 21.5 Å². The van der Waals surface area contributed by atoms with Gasteiger partial charge in [-0.3, -0.25) is 25.0 Å². The number of non-ortho nitro benzene ring substituents is 2. The summed E-state index contributed by atoms with van der Waals surface area (Å²) in [5.74, 6) is -0.875. The lowest BCUT2D eigenvalue weighted by Crippen LogP contribution is -2.00. The molecule has 1 aliphatic heterocycles. The fourth-order valence-corrected chi connectivity index (χ4v) is 3.06. The fraction of sp³-hybridized carbons (Fsp3) is 0. The second-order valence-corrected chi connectivity index (χ2v) is 5.97. The number of nitrogens with one attached hydrogen (secondary N) is 1. The zero-order chi connectivity index (χ0) is 20.0. The number of nitro groups is 2. The van der Waals surface area contributed by atoms with Crippen molar-refractivity contribution >= 4 is 23.0 Å². The summed E-state index contributed by atoms with van der Waals surface area (Å²) in [6, 6.07) is 10.9. The number of fused-ring (bicyclic) bond motifs is 1. The van der Waals surface area contributed by atoms with Crippen LogP contribution < -0.4 is 0 Å². The quantitative estimate of drug-likeness (QED) is 0.525.